The predicted octanol–water partition coefficient (Wildman–Crippen LogP) is 2.09. The van der Waals surface area contributed by atoms with Gasteiger partial charge in [-0.1, -0.05) is 11.3 Å². The van der Waals surface area contributed by atoms with E-state index in [1.165, 1.54) is 24.2 Å². The number of aromatic nitrogens is 1. The number of nitrogens with one attached hydrogen (secondary N) is 2. The number of carbonyl (C=O) groups is 1. The number of thiazole rings is 1. The predicted molar refractivity (Wildman–Crippen MR) is 85.8 cm³/mol. The first kappa shape index (κ1) is 16.0. The highest BCUT2D eigenvalue weighted by Crippen LogP contribution is 2.29. The molecule has 0 atom stereocenters. The molecule has 0 aromatic carbocycles. The van der Waals surface area contributed by atoms with Crippen molar-refractivity contribution >= 4 is 28.2 Å². The van der Waals surface area contributed by atoms with E-state index in [4.69, 9.17) is 10.5 Å². The first-order valence-electron chi connectivity index (χ1n) is 7.25. The van der Waals surface area contributed by atoms with E-state index in [0.717, 1.165) is 12.5 Å². The van der Waals surface area contributed by atoms with Crippen LogP contribution < -0.4 is 16.4 Å². The molecular weight excluding hydrogens is 288 g/mol. The van der Waals surface area contributed by atoms with Crippen molar-refractivity contribution in [2.24, 2.45) is 5.92 Å². The molecule has 21 heavy (non-hydrogen) atoms. The minimum Gasteiger partial charge on any atom is -0.382 e. The molecule has 0 bridgehead atoms. The average Bonchev–Trinajstić information content (AvgIpc) is 3.10. The van der Waals surface area contributed by atoms with Gasteiger partial charge < -0.3 is 21.1 Å². The van der Waals surface area contributed by atoms with Gasteiger partial charge in [0.2, 0.25) is 0 Å². The van der Waals surface area contributed by atoms with Gasteiger partial charge in [0.05, 0.1) is 6.61 Å². The first-order chi connectivity index (χ1) is 9.85. The minimum atomic E-state index is -0.193. The van der Waals surface area contributed by atoms with Crippen molar-refractivity contribution in [3.8, 4) is 0 Å². The summed E-state index contributed by atoms with van der Waals surface area (Å²) in [4.78, 5) is 16.7. The Morgan fingerprint density at radius 2 is 2.19 bits per heavy atom. The molecule has 2 rings (SSSR count). The topological polar surface area (TPSA) is 89.3 Å². The number of carbonyl (C=O) groups excluding carboxylic acids is 1. The summed E-state index contributed by atoms with van der Waals surface area (Å²) in [5, 5.41) is 6.69. The van der Waals surface area contributed by atoms with Crippen LogP contribution in [0, 0.1) is 5.92 Å². The Balaban J connectivity index is 1.78. The monoisotopic (exact) mass is 312 g/mol. The van der Waals surface area contributed by atoms with Gasteiger partial charge in [0.1, 0.15) is 10.7 Å². The molecule has 6 nitrogen and oxygen atoms in total. The van der Waals surface area contributed by atoms with E-state index >= 15 is 0 Å². The molecule has 0 unspecified atom stereocenters. The molecule has 1 fully saturated rings. The summed E-state index contributed by atoms with van der Waals surface area (Å²) in [6, 6.07) is 0. The lowest BCUT2D eigenvalue weighted by atomic mass is 10.1. The molecule has 0 spiro atoms. The molecule has 0 radical (unpaired) electrons. The number of rotatable bonds is 7. The number of nitrogens with zero attached hydrogens (tertiary/aromatic N) is 1. The third-order valence-corrected chi connectivity index (χ3v) is 3.91. The van der Waals surface area contributed by atoms with Gasteiger partial charge >= 0.3 is 0 Å². The third-order valence-electron chi connectivity index (χ3n) is 2.92. The van der Waals surface area contributed by atoms with Crippen LogP contribution in [0.4, 0.5) is 10.9 Å². The molecule has 1 aromatic heterocycles. The van der Waals surface area contributed by atoms with E-state index in [9.17, 15) is 4.79 Å². The van der Waals surface area contributed by atoms with Crippen molar-refractivity contribution in [3.05, 3.63) is 4.88 Å². The van der Waals surface area contributed by atoms with Crippen LogP contribution in [0.2, 0.25) is 0 Å². The second kappa shape index (κ2) is 6.62. The zero-order chi connectivity index (χ0) is 15.5. The molecule has 1 aliphatic carbocycles. The highest BCUT2D eigenvalue weighted by molar-refractivity contribution is 7.18. The average molecular weight is 312 g/mol. The van der Waals surface area contributed by atoms with Crippen LogP contribution >= 0.6 is 11.3 Å². The lowest BCUT2D eigenvalue weighted by Crippen LogP contribution is -2.27. The summed E-state index contributed by atoms with van der Waals surface area (Å²) < 4.78 is 5.47. The van der Waals surface area contributed by atoms with Crippen LogP contribution in [0.3, 0.4) is 0 Å². The number of amides is 1. The normalized spacial score (nSPS) is 15.0. The molecule has 118 valence electrons. The molecule has 7 heteroatoms. The summed E-state index contributed by atoms with van der Waals surface area (Å²) in [7, 11) is 0. The van der Waals surface area contributed by atoms with E-state index in [-0.39, 0.29) is 17.3 Å². The van der Waals surface area contributed by atoms with Gasteiger partial charge in [0, 0.05) is 18.7 Å². The Morgan fingerprint density at radius 3 is 2.81 bits per heavy atom. The maximum absolute atomic E-state index is 12.0. The Hall–Kier alpha value is -1.34. The van der Waals surface area contributed by atoms with E-state index in [1.807, 2.05) is 20.8 Å². The highest BCUT2D eigenvalue weighted by Gasteiger charge is 2.21. The Morgan fingerprint density at radius 1 is 1.48 bits per heavy atom. The molecule has 1 aromatic rings. The second-order valence-corrected chi connectivity index (χ2v) is 7.38. The number of hydrogen-bond donors (Lipinski definition) is 3. The first-order valence-corrected chi connectivity index (χ1v) is 8.07. The summed E-state index contributed by atoms with van der Waals surface area (Å²) in [6.07, 6.45) is 2.54. The molecule has 0 saturated heterocycles. The van der Waals surface area contributed by atoms with Crippen molar-refractivity contribution in [1.82, 2.24) is 10.3 Å². The molecule has 4 N–H and O–H groups in total. The van der Waals surface area contributed by atoms with E-state index < -0.39 is 0 Å². The summed E-state index contributed by atoms with van der Waals surface area (Å²) >= 11 is 1.27. The lowest BCUT2D eigenvalue weighted by Gasteiger charge is -2.19. The summed E-state index contributed by atoms with van der Waals surface area (Å²) in [6.45, 7) is 7.92. The van der Waals surface area contributed by atoms with Gasteiger partial charge in [-0.15, -0.1) is 0 Å². The van der Waals surface area contributed by atoms with Gasteiger partial charge in [-0.2, -0.15) is 0 Å². The van der Waals surface area contributed by atoms with Crippen LogP contribution in [-0.4, -0.2) is 36.2 Å². The minimum absolute atomic E-state index is 0.116. The fourth-order valence-electron chi connectivity index (χ4n) is 1.72. The van der Waals surface area contributed by atoms with Crippen LogP contribution in [0.15, 0.2) is 0 Å². The maximum atomic E-state index is 12.0. The zero-order valence-corrected chi connectivity index (χ0v) is 13.7. The number of nitrogen functional groups attached to an aromatic ring is 1. The fourth-order valence-corrected chi connectivity index (χ4v) is 2.73. The molecule has 1 heterocycles. The number of hydrogen-bond acceptors (Lipinski definition) is 6. The van der Waals surface area contributed by atoms with Gasteiger partial charge in [-0.05, 0) is 39.5 Å². The van der Waals surface area contributed by atoms with Crippen molar-refractivity contribution in [3.63, 3.8) is 0 Å². The number of nitrogens with two attached hydrogens (primary N) is 1. The standard InChI is InChI=1S/C14H24N4O2S/c1-14(2,3)18-13-17-11(15)10(21-13)12(19)16-6-7-20-8-9-4-5-9/h9H,4-8,15H2,1-3H3,(H,16,19)(H,17,18). The molecule has 0 aliphatic heterocycles. The van der Waals surface area contributed by atoms with Crippen LogP contribution in [0.25, 0.3) is 0 Å². The van der Waals surface area contributed by atoms with Gasteiger partial charge in [0.25, 0.3) is 5.91 Å². The smallest absolute Gasteiger partial charge is 0.265 e. The van der Waals surface area contributed by atoms with Gasteiger partial charge in [0.15, 0.2) is 5.13 Å². The molecule has 1 amide bonds. The molecule has 1 aliphatic rings. The number of ether oxygens (including phenoxy) is 1. The maximum Gasteiger partial charge on any atom is 0.265 e. The zero-order valence-electron chi connectivity index (χ0n) is 12.9. The van der Waals surface area contributed by atoms with Crippen LogP contribution in [0.5, 0.6) is 0 Å². The summed E-state index contributed by atoms with van der Waals surface area (Å²) in [5.74, 6) is 0.814. The third kappa shape index (κ3) is 5.51. The fraction of sp³-hybridized carbons (Fsp3) is 0.714. The van der Waals surface area contributed by atoms with Crippen LogP contribution in [0.1, 0.15) is 43.3 Å². The van der Waals surface area contributed by atoms with Gasteiger partial charge in [-0.25, -0.2) is 4.98 Å². The van der Waals surface area contributed by atoms with Gasteiger partial charge in [-0.3, -0.25) is 4.79 Å². The lowest BCUT2D eigenvalue weighted by molar-refractivity contribution is 0.0911. The Kier molecular flexibility index (Phi) is 5.05. The largest absolute Gasteiger partial charge is 0.382 e. The highest BCUT2D eigenvalue weighted by atomic mass is 32.1. The number of anilines is 2. The van der Waals surface area contributed by atoms with Crippen molar-refractivity contribution < 1.29 is 9.53 Å². The van der Waals surface area contributed by atoms with Crippen LogP contribution in [-0.2, 0) is 4.74 Å². The second-order valence-electron chi connectivity index (χ2n) is 6.38. The van der Waals surface area contributed by atoms with E-state index in [0.29, 0.717) is 23.2 Å². The molecular formula is C14H24N4O2S. The Labute approximate surface area is 129 Å². The summed E-state index contributed by atoms with van der Waals surface area (Å²) in [5.41, 5.74) is 5.69. The van der Waals surface area contributed by atoms with Crippen molar-refractivity contribution in [2.45, 2.75) is 39.2 Å². The van der Waals surface area contributed by atoms with Crippen molar-refractivity contribution in [2.75, 3.05) is 30.8 Å². The SMILES string of the molecule is CC(C)(C)Nc1nc(N)c(C(=O)NCCOCC2CC2)s1. The quantitative estimate of drug-likeness (QED) is 0.671. The van der Waals surface area contributed by atoms with E-state index in [2.05, 4.69) is 15.6 Å². The van der Waals surface area contributed by atoms with E-state index in [1.54, 1.807) is 0 Å². The molecule has 1 saturated carbocycles. The Bertz CT molecular complexity index is 492. The van der Waals surface area contributed by atoms with Crippen molar-refractivity contribution in [1.29, 1.82) is 0 Å².